The van der Waals surface area contributed by atoms with Crippen molar-refractivity contribution in [2.24, 2.45) is 0 Å². The summed E-state index contributed by atoms with van der Waals surface area (Å²) < 4.78 is 5.12. The van der Waals surface area contributed by atoms with Crippen molar-refractivity contribution in [2.75, 3.05) is 6.61 Å². The van der Waals surface area contributed by atoms with Crippen LogP contribution in [0.4, 0.5) is 0 Å². The molecule has 0 bridgehead atoms. The number of carbonyl (C=O) groups is 1. The summed E-state index contributed by atoms with van der Waals surface area (Å²) in [6.07, 6.45) is -0.295. The first-order chi connectivity index (χ1) is 4.54. The summed E-state index contributed by atoms with van der Waals surface area (Å²) in [5.74, 6) is 0.0567. The lowest BCUT2D eigenvalue weighted by molar-refractivity contribution is -0.126. The highest BCUT2D eigenvalue weighted by molar-refractivity contribution is 5.79. The van der Waals surface area contributed by atoms with Crippen LogP contribution in [0.25, 0.3) is 0 Å². The summed E-state index contributed by atoms with van der Waals surface area (Å²) in [4.78, 5) is 10.6. The quantitative estimate of drug-likeness (QED) is 0.557. The van der Waals surface area contributed by atoms with E-state index >= 15 is 0 Å². The van der Waals surface area contributed by atoms with E-state index in [1.54, 1.807) is 6.92 Å². The third kappa shape index (κ3) is 4.27. The standard InChI is InChI=1S/C8H14O2/c1-6(2)5-10-8(4)7(3)9/h8H,1,5H2,2-4H3. The van der Waals surface area contributed by atoms with Crippen LogP contribution in [0.3, 0.4) is 0 Å². The lowest BCUT2D eigenvalue weighted by atomic mass is 10.3. The number of ketones is 1. The van der Waals surface area contributed by atoms with Gasteiger partial charge >= 0.3 is 0 Å². The van der Waals surface area contributed by atoms with Crippen molar-refractivity contribution in [1.82, 2.24) is 0 Å². The lowest BCUT2D eigenvalue weighted by Gasteiger charge is -2.08. The van der Waals surface area contributed by atoms with Crippen LogP contribution >= 0.6 is 0 Å². The molecule has 0 saturated carbocycles. The van der Waals surface area contributed by atoms with Crippen molar-refractivity contribution in [3.63, 3.8) is 0 Å². The molecule has 1 unspecified atom stereocenters. The second-order valence-corrected chi connectivity index (χ2v) is 2.52. The van der Waals surface area contributed by atoms with Crippen molar-refractivity contribution in [3.8, 4) is 0 Å². The maximum Gasteiger partial charge on any atom is 0.158 e. The number of hydrogen-bond acceptors (Lipinski definition) is 2. The minimum Gasteiger partial charge on any atom is -0.366 e. The Hall–Kier alpha value is -0.630. The highest BCUT2D eigenvalue weighted by atomic mass is 16.5. The number of rotatable bonds is 4. The van der Waals surface area contributed by atoms with Gasteiger partial charge in [-0.1, -0.05) is 12.2 Å². The Bertz CT molecular complexity index is 138. The Labute approximate surface area is 61.9 Å². The van der Waals surface area contributed by atoms with Crippen molar-refractivity contribution in [3.05, 3.63) is 12.2 Å². The fourth-order valence-corrected chi connectivity index (χ4v) is 0.385. The van der Waals surface area contributed by atoms with E-state index in [0.717, 1.165) is 5.57 Å². The number of carbonyl (C=O) groups excluding carboxylic acids is 1. The van der Waals surface area contributed by atoms with Gasteiger partial charge in [-0.3, -0.25) is 4.79 Å². The first kappa shape index (κ1) is 9.37. The Morgan fingerprint density at radius 2 is 2.10 bits per heavy atom. The molecule has 0 aromatic rings. The topological polar surface area (TPSA) is 26.3 Å². The van der Waals surface area contributed by atoms with Gasteiger partial charge in [-0.15, -0.1) is 0 Å². The monoisotopic (exact) mass is 142 g/mol. The van der Waals surface area contributed by atoms with E-state index in [1.165, 1.54) is 6.92 Å². The largest absolute Gasteiger partial charge is 0.366 e. The summed E-state index contributed by atoms with van der Waals surface area (Å²) >= 11 is 0. The molecule has 10 heavy (non-hydrogen) atoms. The van der Waals surface area contributed by atoms with E-state index in [-0.39, 0.29) is 11.9 Å². The van der Waals surface area contributed by atoms with Crippen LogP contribution in [0.5, 0.6) is 0 Å². The number of hydrogen-bond donors (Lipinski definition) is 0. The van der Waals surface area contributed by atoms with E-state index in [1.807, 2.05) is 6.92 Å². The molecule has 0 saturated heterocycles. The molecule has 0 spiro atoms. The van der Waals surface area contributed by atoms with E-state index < -0.39 is 0 Å². The Kier molecular flexibility index (Phi) is 3.96. The molecule has 0 rings (SSSR count). The number of Topliss-reactive ketones (excluding diaryl/α,β-unsaturated/α-hetero) is 1. The minimum absolute atomic E-state index is 0.0567. The maximum atomic E-state index is 10.6. The SMILES string of the molecule is C=C(C)COC(C)C(C)=O. The first-order valence-corrected chi connectivity index (χ1v) is 3.30. The Morgan fingerprint density at radius 1 is 1.60 bits per heavy atom. The van der Waals surface area contributed by atoms with Crippen LogP contribution < -0.4 is 0 Å². The van der Waals surface area contributed by atoms with Crippen LogP contribution in [-0.2, 0) is 9.53 Å². The molecule has 0 N–H and O–H groups in total. The van der Waals surface area contributed by atoms with Gasteiger partial charge in [0, 0.05) is 0 Å². The molecular weight excluding hydrogens is 128 g/mol. The van der Waals surface area contributed by atoms with Crippen LogP contribution in [0.15, 0.2) is 12.2 Å². The zero-order chi connectivity index (χ0) is 8.15. The van der Waals surface area contributed by atoms with Crippen LogP contribution in [-0.4, -0.2) is 18.5 Å². The van der Waals surface area contributed by atoms with Gasteiger partial charge in [-0.2, -0.15) is 0 Å². The van der Waals surface area contributed by atoms with Crippen molar-refractivity contribution in [2.45, 2.75) is 26.9 Å². The average Bonchev–Trinajstić information content (AvgIpc) is 1.82. The second kappa shape index (κ2) is 4.23. The van der Waals surface area contributed by atoms with E-state index in [2.05, 4.69) is 6.58 Å². The van der Waals surface area contributed by atoms with E-state index in [0.29, 0.717) is 6.61 Å². The van der Waals surface area contributed by atoms with Crippen molar-refractivity contribution < 1.29 is 9.53 Å². The molecular formula is C8H14O2. The Morgan fingerprint density at radius 3 is 2.40 bits per heavy atom. The van der Waals surface area contributed by atoms with Gasteiger partial charge < -0.3 is 4.74 Å². The molecule has 0 amide bonds. The van der Waals surface area contributed by atoms with E-state index in [9.17, 15) is 4.79 Å². The predicted octanol–water partition coefficient (Wildman–Crippen LogP) is 1.56. The molecule has 0 heterocycles. The normalized spacial score (nSPS) is 12.7. The summed E-state index contributed by atoms with van der Waals surface area (Å²) in [5, 5.41) is 0. The molecule has 0 radical (unpaired) electrons. The molecule has 0 fully saturated rings. The van der Waals surface area contributed by atoms with Gasteiger partial charge in [-0.25, -0.2) is 0 Å². The molecule has 0 aliphatic heterocycles. The van der Waals surface area contributed by atoms with Gasteiger partial charge in [0.25, 0.3) is 0 Å². The first-order valence-electron chi connectivity index (χ1n) is 3.30. The second-order valence-electron chi connectivity index (χ2n) is 2.52. The maximum absolute atomic E-state index is 10.6. The zero-order valence-electron chi connectivity index (χ0n) is 6.81. The fraction of sp³-hybridized carbons (Fsp3) is 0.625. The molecule has 0 aromatic carbocycles. The molecule has 0 aliphatic rings. The highest BCUT2D eigenvalue weighted by Crippen LogP contribution is 1.95. The summed E-state index contributed by atoms with van der Waals surface area (Å²) in [6, 6.07) is 0. The van der Waals surface area contributed by atoms with Gasteiger partial charge in [0.15, 0.2) is 5.78 Å². The molecule has 0 aliphatic carbocycles. The summed E-state index contributed by atoms with van der Waals surface area (Å²) in [5.41, 5.74) is 0.938. The van der Waals surface area contributed by atoms with Crippen molar-refractivity contribution >= 4 is 5.78 Å². The van der Waals surface area contributed by atoms with Crippen LogP contribution in [0.1, 0.15) is 20.8 Å². The summed E-state index contributed by atoms with van der Waals surface area (Å²) in [7, 11) is 0. The van der Waals surface area contributed by atoms with Crippen LogP contribution in [0.2, 0.25) is 0 Å². The smallest absolute Gasteiger partial charge is 0.158 e. The Balaban J connectivity index is 3.49. The van der Waals surface area contributed by atoms with Gasteiger partial charge in [-0.05, 0) is 20.8 Å². The predicted molar refractivity (Wildman–Crippen MR) is 40.9 cm³/mol. The summed E-state index contributed by atoms with van der Waals surface area (Å²) in [6.45, 7) is 9.25. The molecule has 2 nitrogen and oxygen atoms in total. The third-order valence-electron chi connectivity index (χ3n) is 1.15. The van der Waals surface area contributed by atoms with Gasteiger partial charge in [0.2, 0.25) is 0 Å². The van der Waals surface area contributed by atoms with E-state index in [4.69, 9.17) is 4.74 Å². The molecule has 58 valence electrons. The minimum atomic E-state index is -0.295. The third-order valence-corrected chi connectivity index (χ3v) is 1.15. The molecule has 0 aromatic heterocycles. The molecule has 1 atom stereocenters. The number of ether oxygens (including phenoxy) is 1. The fourth-order valence-electron chi connectivity index (χ4n) is 0.385. The zero-order valence-corrected chi connectivity index (χ0v) is 6.81. The van der Waals surface area contributed by atoms with Crippen LogP contribution in [0, 0.1) is 0 Å². The van der Waals surface area contributed by atoms with Crippen molar-refractivity contribution in [1.29, 1.82) is 0 Å². The lowest BCUT2D eigenvalue weighted by Crippen LogP contribution is -2.18. The van der Waals surface area contributed by atoms with Gasteiger partial charge in [0.1, 0.15) is 6.10 Å². The molecule has 2 heteroatoms. The highest BCUT2D eigenvalue weighted by Gasteiger charge is 2.05. The average molecular weight is 142 g/mol. The van der Waals surface area contributed by atoms with Gasteiger partial charge in [0.05, 0.1) is 6.61 Å².